The third-order valence-electron chi connectivity index (χ3n) is 3.35. The lowest BCUT2D eigenvalue weighted by Gasteiger charge is -2.09. The van der Waals surface area contributed by atoms with Crippen molar-refractivity contribution in [3.8, 4) is 11.4 Å². The Labute approximate surface area is 131 Å². The van der Waals surface area contributed by atoms with E-state index in [1.165, 1.54) is 12.4 Å². The van der Waals surface area contributed by atoms with Crippen LogP contribution in [0.4, 0.5) is 0 Å². The number of rotatable bonds is 3. The molecule has 0 saturated heterocycles. The van der Waals surface area contributed by atoms with Crippen LogP contribution < -0.4 is 5.43 Å². The molecule has 3 aromatic rings. The Morgan fingerprint density at radius 1 is 1.30 bits per heavy atom. The van der Waals surface area contributed by atoms with E-state index in [-0.39, 0.29) is 17.6 Å². The fourth-order valence-electron chi connectivity index (χ4n) is 2.25. The highest BCUT2D eigenvalue weighted by Crippen LogP contribution is 2.16. The van der Waals surface area contributed by atoms with Crippen molar-refractivity contribution >= 4 is 17.0 Å². The second kappa shape index (κ2) is 5.96. The van der Waals surface area contributed by atoms with Crippen LogP contribution in [0.3, 0.4) is 0 Å². The maximum absolute atomic E-state index is 12.4. The standard InChI is InChI=1S/C16H14N4O3/c1-3-23-16(22)12-9-20(2)15-11(13(12)21)8-18-14(19-15)10-4-6-17-7-5-10/h4-9H,3H2,1-2H3. The third kappa shape index (κ3) is 2.68. The number of ether oxygens (including phenoxy) is 1. The molecule has 0 spiro atoms. The Kier molecular flexibility index (Phi) is 3.84. The third-order valence-corrected chi connectivity index (χ3v) is 3.35. The molecule has 0 fully saturated rings. The predicted octanol–water partition coefficient (Wildman–Crippen LogP) is 1.57. The normalized spacial score (nSPS) is 10.7. The first-order valence-corrected chi connectivity index (χ1v) is 7.05. The van der Waals surface area contributed by atoms with E-state index in [2.05, 4.69) is 15.0 Å². The van der Waals surface area contributed by atoms with Gasteiger partial charge in [0.15, 0.2) is 5.82 Å². The summed E-state index contributed by atoms with van der Waals surface area (Å²) in [5.74, 6) is -0.160. The topological polar surface area (TPSA) is 87.0 Å². The number of carbonyl (C=O) groups is 1. The number of aryl methyl sites for hydroxylation is 1. The summed E-state index contributed by atoms with van der Waals surface area (Å²) in [6.07, 6.45) is 6.16. The largest absolute Gasteiger partial charge is 0.462 e. The van der Waals surface area contributed by atoms with Crippen LogP contribution in [0.25, 0.3) is 22.4 Å². The number of hydrogen-bond acceptors (Lipinski definition) is 6. The fourth-order valence-corrected chi connectivity index (χ4v) is 2.25. The Bertz CT molecular complexity index is 935. The van der Waals surface area contributed by atoms with Crippen molar-refractivity contribution in [2.75, 3.05) is 6.61 Å². The summed E-state index contributed by atoms with van der Waals surface area (Å²) in [5, 5.41) is 0.274. The summed E-state index contributed by atoms with van der Waals surface area (Å²) in [5.41, 5.74) is 0.786. The minimum absolute atomic E-state index is 0.0258. The molecule has 3 rings (SSSR count). The van der Waals surface area contributed by atoms with Crippen LogP contribution in [-0.2, 0) is 11.8 Å². The SMILES string of the molecule is CCOC(=O)c1cn(C)c2nc(-c3ccncc3)ncc2c1=O. The molecule has 7 nitrogen and oxygen atoms in total. The summed E-state index contributed by atoms with van der Waals surface area (Å²) in [4.78, 5) is 36.9. The number of aromatic nitrogens is 4. The van der Waals surface area contributed by atoms with Crippen molar-refractivity contribution in [2.24, 2.45) is 7.05 Å². The molecule has 0 aliphatic heterocycles. The van der Waals surface area contributed by atoms with E-state index in [9.17, 15) is 9.59 Å². The monoisotopic (exact) mass is 310 g/mol. The number of pyridine rings is 2. The van der Waals surface area contributed by atoms with E-state index in [1.807, 2.05) is 0 Å². The van der Waals surface area contributed by atoms with Crippen LogP contribution in [-0.4, -0.2) is 32.1 Å². The molecule has 7 heteroatoms. The van der Waals surface area contributed by atoms with E-state index < -0.39 is 11.4 Å². The number of fused-ring (bicyclic) bond motifs is 1. The molecule has 0 aliphatic rings. The highest BCUT2D eigenvalue weighted by molar-refractivity contribution is 5.93. The minimum atomic E-state index is -0.645. The quantitative estimate of drug-likeness (QED) is 0.682. The van der Waals surface area contributed by atoms with Crippen LogP contribution in [0, 0.1) is 0 Å². The van der Waals surface area contributed by atoms with Crippen molar-refractivity contribution in [1.29, 1.82) is 0 Å². The molecule has 23 heavy (non-hydrogen) atoms. The first-order valence-electron chi connectivity index (χ1n) is 7.05. The molecule has 116 valence electrons. The molecular weight excluding hydrogens is 296 g/mol. The van der Waals surface area contributed by atoms with Crippen molar-refractivity contribution in [2.45, 2.75) is 6.92 Å². The predicted molar refractivity (Wildman–Crippen MR) is 84.0 cm³/mol. The van der Waals surface area contributed by atoms with Gasteiger partial charge in [0.25, 0.3) is 0 Å². The van der Waals surface area contributed by atoms with Gasteiger partial charge in [-0.2, -0.15) is 0 Å². The van der Waals surface area contributed by atoms with Gasteiger partial charge in [-0.05, 0) is 19.1 Å². The lowest BCUT2D eigenvalue weighted by atomic mass is 10.2. The van der Waals surface area contributed by atoms with Crippen LogP contribution >= 0.6 is 0 Å². The van der Waals surface area contributed by atoms with Crippen molar-refractivity contribution in [1.82, 2.24) is 19.5 Å². The van der Waals surface area contributed by atoms with E-state index in [0.29, 0.717) is 11.5 Å². The van der Waals surface area contributed by atoms with Crippen molar-refractivity contribution in [3.63, 3.8) is 0 Å². The fraction of sp³-hybridized carbons (Fsp3) is 0.188. The van der Waals surface area contributed by atoms with Gasteiger partial charge >= 0.3 is 5.97 Å². The Morgan fingerprint density at radius 3 is 2.74 bits per heavy atom. The first kappa shape index (κ1) is 14.8. The van der Waals surface area contributed by atoms with Gasteiger partial charge in [-0.15, -0.1) is 0 Å². The van der Waals surface area contributed by atoms with Gasteiger partial charge in [-0.25, -0.2) is 14.8 Å². The number of esters is 1. The van der Waals surface area contributed by atoms with E-state index in [1.54, 1.807) is 43.1 Å². The number of nitrogens with zero attached hydrogens (tertiary/aromatic N) is 4. The number of carbonyl (C=O) groups excluding carboxylic acids is 1. The van der Waals surface area contributed by atoms with E-state index in [4.69, 9.17) is 4.74 Å². The molecular formula is C16H14N4O3. The molecule has 3 heterocycles. The van der Waals surface area contributed by atoms with Gasteiger partial charge in [0.05, 0.1) is 12.0 Å². The summed E-state index contributed by atoms with van der Waals surface area (Å²) in [6.45, 7) is 1.89. The van der Waals surface area contributed by atoms with Gasteiger partial charge in [-0.1, -0.05) is 0 Å². The summed E-state index contributed by atoms with van der Waals surface area (Å²) >= 11 is 0. The van der Waals surface area contributed by atoms with Crippen LogP contribution in [0.2, 0.25) is 0 Å². The Balaban J connectivity index is 2.19. The van der Waals surface area contributed by atoms with Gasteiger partial charge < -0.3 is 9.30 Å². The lowest BCUT2D eigenvalue weighted by Crippen LogP contribution is -2.21. The van der Waals surface area contributed by atoms with Crippen molar-refractivity contribution < 1.29 is 9.53 Å². The second-order valence-electron chi connectivity index (χ2n) is 4.87. The molecule has 0 amide bonds. The zero-order valence-electron chi connectivity index (χ0n) is 12.7. The molecule has 0 N–H and O–H groups in total. The maximum Gasteiger partial charge on any atom is 0.343 e. The molecule has 0 aromatic carbocycles. The zero-order valence-corrected chi connectivity index (χ0v) is 12.7. The van der Waals surface area contributed by atoms with Gasteiger partial charge in [0.1, 0.15) is 11.2 Å². The highest BCUT2D eigenvalue weighted by Gasteiger charge is 2.17. The van der Waals surface area contributed by atoms with Gasteiger partial charge in [0.2, 0.25) is 5.43 Å². The number of hydrogen-bond donors (Lipinski definition) is 0. The Morgan fingerprint density at radius 2 is 2.04 bits per heavy atom. The molecule has 0 saturated carbocycles. The first-order chi connectivity index (χ1) is 11.1. The maximum atomic E-state index is 12.4. The summed E-state index contributed by atoms with van der Waals surface area (Å²) in [7, 11) is 1.72. The molecule has 0 radical (unpaired) electrons. The second-order valence-corrected chi connectivity index (χ2v) is 4.87. The van der Waals surface area contributed by atoms with E-state index in [0.717, 1.165) is 5.56 Å². The molecule has 0 aliphatic carbocycles. The lowest BCUT2D eigenvalue weighted by molar-refractivity contribution is 0.0524. The van der Waals surface area contributed by atoms with Crippen LogP contribution in [0.5, 0.6) is 0 Å². The molecule has 0 atom stereocenters. The average Bonchev–Trinajstić information content (AvgIpc) is 2.58. The minimum Gasteiger partial charge on any atom is -0.462 e. The molecule has 0 unspecified atom stereocenters. The average molecular weight is 310 g/mol. The van der Waals surface area contributed by atoms with Gasteiger partial charge in [-0.3, -0.25) is 9.78 Å². The molecule has 0 bridgehead atoms. The summed E-state index contributed by atoms with van der Waals surface area (Å²) < 4.78 is 6.53. The van der Waals surface area contributed by atoms with E-state index >= 15 is 0 Å². The Hall–Kier alpha value is -3.09. The van der Waals surface area contributed by atoms with Crippen LogP contribution in [0.1, 0.15) is 17.3 Å². The molecule has 3 aromatic heterocycles. The van der Waals surface area contributed by atoms with Crippen molar-refractivity contribution in [3.05, 3.63) is 52.7 Å². The smallest absolute Gasteiger partial charge is 0.343 e. The summed E-state index contributed by atoms with van der Waals surface area (Å²) in [6, 6.07) is 3.57. The van der Waals surface area contributed by atoms with Gasteiger partial charge in [0, 0.05) is 37.4 Å². The zero-order chi connectivity index (χ0) is 16.4. The highest BCUT2D eigenvalue weighted by atomic mass is 16.5. The van der Waals surface area contributed by atoms with Crippen LogP contribution in [0.15, 0.2) is 41.7 Å².